The fourth-order valence-corrected chi connectivity index (χ4v) is 1.82. The first-order chi connectivity index (χ1) is 6.92. The Morgan fingerprint density at radius 1 is 1.07 bits per heavy atom. The Morgan fingerprint density at radius 3 is 2.64 bits per heavy atom. The monoisotopic (exact) mass is 184 g/mol. The van der Waals surface area contributed by atoms with Crippen LogP contribution in [0.3, 0.4) is 0 Å². The van der Waals surface area contributed by atoms with E-state index >= 15 is 0 Å². The molecule has 0 bridgehead atoms. The predicted molar refractivity (Wildman–Crippen MR) is 53.0 cm³/mol. The molecule has 0 saturated heterocycles. The average molecular weight is 184 g/mol. The number of hydrogen-bond donors (Lipinski definition) is 0. The molecular formula is C11H8N2O. The van der Waals surface area contributed by atoms with Crippen LogP contribution in [-0.2, 0) is 0 Å². The lowest BCUT2D eigenvalue weighted by Gasteiger charge is -2.22. The molecule has 0 fully saturated rings. The van der Waals surface area contributed by atoms with Crippen molar-refractivity contribution in [3.63, 3.8) is 0 Å². The summed E-state index contributed by atoms with van der Waals surface area (Å²) >= 11 is 0. The van der Waals surface area contributed by atoms with Gasteiger partial charge in [-0.1, -0.05) is 24.3 Å². The predicted octanol–water partition coefficient (Wildman–Crippen LogP) is 2.13. The Bertz CT molecular complexity index is 508. The van der Waals surface area contributed by atoms with E-state index in [0.717, 1.165) is 11.3 Å². The fraction of sp³-hybridized carbons (Fsp3) is 0.0909. The van der Waals surface area contributed by atoms with Gasteiger partial charge in [-0.15, -0.1) is 0 Å². The van der Waals surface area contributed by atoms with Crippen LogP contribution in [0.1, 0.15) is 0 Å². The molecule has 1 aromatic heterocycles. The molecule has 0 unspecified atom stereocenters. The van der Waals surface area contributed by atoms with E-state index in [2.05, 4.69) is 22.1 Å². The first kappa shape index (κ1) is 7.50. The minimum Gasteiger partial charge on any atom is -0.480 e. The summed E-state index contributed by atoms with van der Waals surface area (Å²) in [7, 11) is 1.63. The Hall–Kier alpha value is -1.90. The van der Waals surface area contributed by atoms with Gasteiger partial charge < -0.3 is 4.74 Å². The van der Waals surface area contributed by atoms with Gasteiger partial charge in [0.1, 0.15) is 6.33 Å². The van der Waals surface area contributed by atoms with E-state index < -0.39 is 0 Å². The van der Waals surface area contributed by atoms with Crippen molar-refractivity contribution in [2.75, 3.05) is 7.11 Å². The summed E-state index contributed by atoms with van der Waals surface area (Å²) in [6.07, 6.45) is 1.54. The Morgan fingerprint density at radius 2 is 1.86 bits per heavy atom. The largest absolute Gasteiger partial charge is 0.480 e. The summed E-state index contributed by atoms with van der Waals surface area (Å²) in [5, 5.41) is 0. The van der Waals surface area contributed by atoms with Crippen molar-refractivity contribution in [3.8, 4) is 28.3 Å². The molecule has 0 aliphatic heterocycles. The number of benzene rings is 1. The van der Waals surface area contributed by atoms with Gasteiger partial charge in [0.25, 0.3) is 0 Å². The lowest BCUT2D eigenvalue weighted by molar-refractivity contribution is 0.398. The van der Waals surface area contributed by atoms with E-state index in [1.54, 1.807) is 7.11 Å². The molecule has 3 rings (SSSR count). The van der Waals surface area contributed by atoms with E-state index in [1.165, 1.54) is 17.5 Å². The molecule has 0 atom stereocenters. The molecular weight excluding hydrogens is 176 g/mol. The highest BCUT2D eigenvalue weighted by Crippen LogP contribution is 2.48. The number of rotatable bonds is 1. The number of methoxy groups -OCH3 is 1. The Labute approximate surface area is 81.4 Å². The number of hydrogen-bond acceptors (Lipinski definition) is 3. The second-order valence-corrected chi connectivity index (χ2v) is 3.15. The topological polar surface area (TPSA) is 35.0 Å². The second-order valence-electron chi connectivity index (χ2n) is 3.15. The van der Waals surface area contributed by atoms with Crippen LogP contribution in [0, 0.1) is 0 Å². The Kier molecular flexibility index (Phi) is 1.36. The number of aromatic nitrogens is 2. The smallest absolute Gasteiger partial charge is 0.224 e. The zero-order valence-electron chi connectivity index (χ0n) is 7.69. The lowest BCUT2D eigenvalue weighted by atomic mass is 9.85. The van der Waals surface area contributed by atoms with Crippen LogP contribution in [0.2, 0.25) is 0 Å². The zero-order valence-corrected chi connectivity index (χ0v) is 7.69. The molecule has 1 aromatic carbocycles. The van der Waals surface area contributed by atoms with Crippen molar-refractivity contribution in [2.45, 2.75) is 0 Å². The van der Waals surface area contributed by atoms with Crippen LogP contribution < -0.4 is 4.74 Å². The highest BCUT2D eigenvalue weighted by atomic mass is 16.5. The molecule has 1 aliphatic carbocycles. The summed E-state index contributed by atoms with van der Waals surface area (Å²) in [5.41, 5.74) is 4.39. The third-order valence-electron chi connectivity index (χ3n) is 2.46. The summed E-state index contributed by atoms with van der Waals surface area (Å²) in [5.74, 6) is 0.661. The average Bonchev–Trinajstić information content (AvgIpc) is 2.24. The molecule has 2 aromatic rings. The van der Waals surface area contributed by atoms with Crippen LogP contribution in [0.4, 0.5) is 0 Å². The molecule has 0 amide bonds. The first-order valence-corrected chi connectivity index (χ1v) is 4.40. The van der Waals surface area contributed by atoms with Crippen LogP contribution in [0.5, 0.6) is 5.88 Å². The van der Waals surface area contributed by atoms with Crippen molar-refractivity contribution >= 4 is 0 Å². The lowest BCUT2D eigenvalue weighted by Crippen LogP contribution is -2.05. The van der Waals surface area contributed by atoms with E-state index in [4.69, 9.17) is 4.74 Å². The van der Waals surface area contributed by atoms with Crippen LogP contribution in [-0.4, -0.2) is 17.1 Å². The van der Waals surface area contributed by atoms with Gasteiger partial charge in [-0.05, 0) is 5.56 Å². The first-order valence-electron chi connectivity index (χ1n) is 4.40. The normalized spacial score (nSPS) is 11.2. The minimum atomic E-state index is 0.661. The summed E-state index contributed by atoms with van der Waals surface area (Å²) in [4.78, 5) is 8.30. The quantitative estimate of drug-likeness (QED) is 0.581. The molecule has 1 heterocycles. The molecule has 0 N–H and O–H groups in total. The van der Waals surface area contributed by atoms with Crippen molar-refractivity contribution in [1.29, 1.82) is 0 Å². The maximum atomic E-state index is 5.18. The number of nitrogens with zero attached hydrogens (tertiary/aromatic N) is 2. The van der Waals surface area contributed by atoms with Gasteiger partial charge in [0, 0.05) is 5.56 Å². The third-order valence-corrected chi connectivity index (χ3v) is 2.46. The standard InChI is InChI=1S/C11H8N2O/c1-14-11-9-7-4-2-3-5-8(7)10(9)12-6-13-11/h2-6H,1H3. The van der Waals surface area contributed by atoms with Crippen LogP contribution in [0.25, 0.3) is 22.4 Å². The minimum absolute atomic E-state index is 0.661. The molecule has 14 heavy (non-hydrogen) atoms. The highest BCUT2D eigenvalue weighted by Gasteiger charge is 2.27. The van der Waals surface area contributed by atoms with E-state index in [0.29, 0.717) is 5.88 Å². The highest BCUT2D eigenvalue weighted by molar-refractivity contribution is 6.02. The molecule has 68 valence electrons. The number of ether oxygens (including phenoxy) is 1. The van der Waals surface area contributed by atoms with E-state index in [1.807, 2.05) is 12.1 Å². The van der Waals surface area contributed by atoms with Gasteiger partial charge in [-0.25, -0.2) is 9.97 Å². The molecule has 0 spiro atoms. The van der Waals surface area contributed by atoms with Crippen molar-refractivity contribution < 1.29 is 4.74 Å². The summed E-state index contributed by atoms with van der Waals surface area (Å²) < 4.78 is 5.18. The van der Waals surface area contributed by atoms with Crippen LogP contribution >= 0.6 is 0 Å². The van der Waals surface area contributed by atoms with Crippen molar-refractivity contribution in [2.24, 2.45) is 0 Å². The van der Waals surface area contributed by atoms with Gasteiger partial charge in [0.15, 0.2) is 0 Å². The summed E-state index contributed by atoms with van der Waals surface area (Å²) in [6.45, 7) is 0. The van der Waals surface area contributed by atoms with Gasteiger partial charge in [-0.3, -0.25) is 0 Å². The summed E-state index contributed by atoms with van der Waals surface area (Å²) in [6, 6.07) is 8.14. The second kappa shape index (κ2) is 2.54. The zero-order chi connectivity index (χ0) is 9.54. The van der Waals surface area contributed by atoms with Gasteiger partial charge in [0.05, 0.1) is 18.4 Å². The molecule has 3 heteroatoms. The third kappa shape index (κ3) is 0.763. The molecule has 3 nitrogen and oxygen atoms in total. The molecule has 0 saturated carbocycles. The SMILES string of the molecule is COc1ncnc2c1-c1ccccc1-2. The number of fused-ring (bicyclic) bond motifs is 4. The van der Waals surface area contributed by atoms with Gasteiger partial charge in [0.2, 0.25) is 5.88 Å². The maximum absolute atomic E-state index is 5.18. The molecule has 0 radical (unpaired) electrons. The molecule has 1 aliphatic rings. The Balaban J connectivity index is 2.28. The van der Waals surface area contributed by atoms with Gasteiger partial charge >= 0.3 is 0 Å². The maximum Gasteiger partial charge on any atom is 0.224 e. The van der Waals surface area contributed by atoms with Gasteiger partial charge in [-0.2, -0.15) is 0 Å². The van der Waals surface area contributed by atoms with E-state index in [9.17, 15) is 0 Å². The fourth-order valence-electron chi connectivity index (χ4n) is 1.82. The van der Waals surface area contributed by atoms with Crippen molar-refractivity contribution in [3.05, 3.63) is 30.6 Å². The van der Waals surface area contributed by atoms with E-state index in [-0.39, 0.29) is 0 Å². The van der Waals surface area contributed by atoms with Crippen LogP contribution in [0.15, 0.2) is 30.6 Å². The van der Waals surface area contributed by atoms with Crippen molar-refractivity contribution in [1.82, 2.24) is 9.97 Å².